The Morgan fingerprint density at radius 1 is 0.667 bits per heavy atom. The number of carbonyl (C=O) groups is 2. The summed E-state index contributed by atoms with van der Waals surface area (Å²) in [7, 11) is 0. The van der Waals surface area contributed by atoms with Crippen molar-refractivity contribution in [3.8, 4) is 0 Å². The van der Waals surface area contributed by atoms with Gasteiger partial charge in [0.15, 0.2) is 0 Å². The molecule has 0 N–H and O–H groups in total. The largest absolute Gasteiger partial charge is 0.466 e. The fourth-order valence-electron chi connectivity index (χ4n) is 3.06. The van der Waals surface area contributed by atoms with Crippen molar-refractivity contribution >= 4 is 11.9 Å². The molecule has 4 nitrogen and oxygen atoms in total. The predicted molar refractivity (Wildman–Crippen MR) is 112 cm³/mol. The van der Waals surface area contributed by atoms with Crippen LogP contribution >= 0.6 is 0 Å². The minimum absolute atomic E-state index is 0.00125. The molecule has 1 unspecified atom stereocenters. The number of unbranched alkanes of at least 4 members (excludes halogenated alkanes) is 10. The minimum Gasteiger partial charge on any atom is -0.466 e. The normalized spacial score (nSPS) is 12.0. The molecular weight excluding hydrogens is 340 g/mol. The van der Waals surface area contributed by atoms with Crippen molar-refractivity contribution in [2.75, 3.05) is 6.61 Å². The summed E-state index contributed by atoms with van der Waals surface area (Å²) in [5.74, 6) is -0.284. The van der Waals surface area contributed by atoms with Gasteiger partial charge in [-0.2, -0.15) is 0 Å². The molecule has 0 saturated heterocycles. The molecule has 0 fully saturated rings. The lowest BCUT2D eigenvalue weighted by molar-refractivity contribution is -0.149. The van der Waals surface area contributed by atoms with E-state index >= 15 is 0 Å². The molecule has 0 radical (unpaired) electrons. The maximum Gasteiger partial charge on any atom is 0.306 e. The van der Waals surface area contributed by atoms with Gasteiger partial charge in [0.2, 0.25) is 0 Å². The lowest BCUT2D eigenvalue weighted by Gasteiger charge is -2.13. The summed E-state index contributed by atoms with van der Waals surface area (Å²) in [6.45, 7) is 6.91. The molecule has 0 spiro atoms. The maximum atomic E-state index is 11.8. The molecule has 27 heavy (non-hydrogen) atoms. The van der Waals surface area contributed by atoms with Crippen LogP contribution in [-0.4, -0.2) is 24.6 Å². The van der Waals surface area contributed by atoms with E-state index in [1.807, 2.05) is 6.92 Å². The Labute approximate surface area is 167 Å². The first kappa shape index (κ1) is 25.9. The van der Waals surface area contributed by atoms with E-state index in [1.165, 1.54) is 51.4 Å². The zero-order chi connectivity index (χ0) is 20.2. The van der Waals surface area contributed by atoms with Crippen LogP contribution in [0.2, 0.25) is 0 Å². The Morgan fingerprint density at radius 3 is 1.81 bits per heavy atom. The molecule has 1 atom stereocenters. The smallest absolute Gasteiger partial charge is 0.306 e. The number of hydrogen-bond donors (Lipinski definition) is 0. The third kappa shape index (κ3) is 19.5. The van der Waals surface area contributed by atoms with Gasteiger partial charge in [0, 0.05) is 12.8 Å². The average Bonchev–Trinajstić information content (AvgIpc) is 2.64. The molecular formula is C23H44O4. The van der Waals surface area contributed by atoms with Crippen molar-refractivity contribution in [1.82, 2.24) is 0 Å². The molecule has 0 aromatic rings. The maximum absolute atomic E-state index is 11.8. The SMILES string of the molecule is CCCCCCCCC(C)OC(=O)CCCCC(=O)OCCCCCCC. The van der Waals surface area contributed by atoms with Crippen LogP contribution in [0.4, 0.5) is 0 Å². The molecule has 0 aliphatic heterocycles. The summed E-state index contributed by atoms with van der Waals surface area (Å²) in [6, 6.07) is 0. The van der Waals surface area contributed by atoms with E-state index < -0.39 is 0 Å². The Bertz CT molecular complexity index is 354. The highest BCUT2D eigenvalue weighted by Gasteiger charge is 2.10. The Hall–Kier alpha value is -1.06. The van der Waals surface area contributed by atoms with E-state index in [9.17, 15) is 9.59 Å². The van der Waals surface area contributed by atoms with Crippen molar-refractivity contribution in [3.63, 3.8) is 0 Å². The summed E-state index contributed by atoms with van der Waals surface area (Å²) < 4.78 is 10.7. The zero-order valence-corrected chi connectivity index (χ0v) is 18.2. The third-order valence-corrected chi connectivity index (χ3v) is 4.82. The van der Waals surface area contributed by atoms with Crippen molar-refractivity contribution in [3.05, 3.63) is 0 Å². The highest BCUT2D eigenvalue weighted by Crippen LogP contribution is 2.12. The van der Waals surface area contributed by atoms with Crippen LogP contribution in [0.3, 0.4) is 0 Å². The number of hydrogen-bond acceptors (Lipinski definition) is 4. The van der Waals surface area contributed by atoms with Gasteiger partial charge in [0.1, 0.15) is 0 Å². The van der Waals surface area contributed by atoms with Gasteiger partial charge in [-0.25, -0.2) is 0 Å². The molecule has 0 aromatic heterocycles. The fraction of sp³-hybridized carbons (Fsp3) is 0.913. The summed E-state index contributed by atoms with van der Waals surface area (Å²) in [5.41, 5.74) is 0. The second kappa shape index (κ2) is 19.7. The zero-order valence-electron chi connectivity index (χ0n) is 18.2. The molecule has 4 heteroatoms. The quantitative estimate of drug-likeness (QED) is 0.183. The minimum atomic E-state index is -0.143. The number of ether oxygens (including phenoxy) is 2. The first-order chi connectivity index (χ1) is 13.1. The summed E-state index contributed by atoms with van der Waals surface area (Å²) in [5, 5.41) is 0. The monoisotopic (exact) mass is 384 g/mol. The molecule has 0 rings (SSSR count). The van der Waals surface area contributed by atoms with E-state index in [2.05, 4.69) is 13.8 Å². The third-order valence-electron chi connectivity index (χ3n) is 4.82. The van der Waals surface area contributed by atoms with Crippen LogP contribution in [0.25, 0.3) is 0 Å². The standard InChI is InChI=1S/C23H44O4/c1-4-6-8-10-11-13-17-21(3)27-23(25)19-15-14-18-22(24)26-20-16-12-9-7-5-2/h21H,4-20H2,1-3H3. The Kier molecular flexibility index (Phi) is 18.9. The van der Waals surface area contributed by atoms with Gasteiger partial charge in [0.25, 0.3) is 0 Å². The summed E-state index contributed by atoms with van der Waals surface area (Å²) in [4.78, 5) is 23.5. The van der Waals surface area contributed by atoms with Gasteiger partial charge >= 0.3 is 11.9 Å². The number of carbonyl (C=O) groups excluding carboxylic acids is 2. The van der Waals surface area contributed by atoms with Crippen LogP contribution in [0.15, 0.2) is 0 Å². The Balaban J connectivity index is 3.47. The number of esters is 2. The number of rotatable bonds is 19. The van der Waals surface area contributed by atoms with Crippen LogP contribution in [0, 0.1) is 0 Å². The van der Waals surface area contributed by atoms with E-state index in [0.29, 0.717) is 32.3 Å². The van der Waals surface area contributed by atoms with E-state index in [-0.39, 0.29) is 18.0 Å². The van der Waals surface area contributed by atoms with Crippen molar-refractivity contribution < 1.29 is 19.1 Å². The molecule has 0 amide bonds. The van der Waals surface area contributed by atoms with Crippen molar-refractivity contribution in [1.29, 1.82) is 0 Å². The topological polar surface area (TPSA) is 52.6 Å². The second-order valence-electron chi connectivity index (χ2n) is 7.70. The Morgan fingerprint density at radius 2 is 1.19 bits per heavy atom. The highest BCUT2D eigenvalue weighted by molar-refractivity contribution is 5.70. The second-order valence-corrected chi connectivity index (χ2v) is 7.70. The molecule has 0 heterocycles. The predicted octanol–water partition coefficient (Wildman–Crippen LogP) is 6.74. The van der Waals surface area contributed by atoms with Gasteiger partial charge in [-0.15, -0.1) is 0 Å². The van der Waals surface area contributed by atoms with Gasteiger partial charge in [-0.05, 0) is 39.0 Å². The van der Waals surface area contributed by atoms with E-state index in [1.54, 1.807) is 0 Å². The highest BCUT2D eigenvalue weighted by atomic mass is 16.5. The molecule has 0 saturated carbocycles. The van der Waals surface area contributed by atoms with E-state index in [0.717, 1.165) is 25.7 Å². The lowest BCUT2D eigenvalue weighted by atomic mass is 10.1. The fourth-order valence-corrected chi connectivity index (χ4v) is 3.06. The summed E-state index contributed by atoms with van der Waals surface area (Å²) in [6.07, 6.45) is 16.4. The molecule has 0 aromatic carbocycles. The molecule has 160 valence electrons. The first-order valence-corrected chi connectivity index (χ1v) is 11.4. The van der Waals surface area contributed by atoms with Crippen LogP contribution < -0.4 is 0 Å². The van der Waals surface area contributed by atoms with Crippen LogP contribution in [-0.2, 0) is 19.1 Å². The molecule has 0 bridgehead atoms. The molecule has 0 aliphatic carbocycles. The lowest BCUT2D eigenvalue weighted by Crippen LogP contribution is -2.14. The average molecular weight is 385 g/mol. The van der Waals surface area contributed by atoms with Crippen molar-refractivity contribution in [2.45, 2.75) is 130 Å². The molecule has 0 aliphatic rings. The van der Waals surface area contributed by atoms with Crippen molar-refractivity contribution in [2.24, 2.45) is 0 Å². The van der Waals surface area contributed by atoms with Gasteiger partial charge in [-0.3, -0.25) is 9.59 Å². The van der Waals surface area contributed by atoms with E-state index in [4.69, 9.17) is 9.47 Å². The van der Waals surface area contributed by atoms with Gasteiger partial charge in [0.05, 0.1) is 12.7 Å². The van der Waals surface area contributed by atoms with Crippen LogP contribution in [0.5, 0.6) is 0 Å². The van der Waals surface area contributed by atoms with Gasteiger partial charge < -0.3 is 9.47 Å². The van der Waals surface area contributed by atoms with Crippen LogP contribution in [0.1, 0.15) is 124 Å². The first-order valence-electron chi connectivity index (χ1n) is 11.4. The van der Waals surface area contributed by atoms with Gasteiger partial charge in [-0.1, -0.05) is 71.6 Å². The summed E-state index contributed by atoms with van der Waals surface area (Å²) >= 11 is 0.